The lowest BCUT2D eigenvalue weighted by Crippen LogP contribution is -2.13. The smallest absolute Gasteiger partial charge is 0.254 e. The summed E-state index contributed by atoms with van der Waals surface area (Å²) >= 11 is 0. The van der Waals surface area contributed by atoms with Gasteiger partial charge in [0.2, 0.25) is 0 Å². The van der Waals surface area contributed by atoms with Crippen LogP contribution in [0, 0.1) is 0 Å². The van der Waals surface area contributed by atoms with Crippen molar-refractivity contribution in [1.82, 2.24) is 9.78 Å². The molecule has 0 aliphatic heterocycles. The minimum Gasteiger partial charge on any atom is -0.383 e. The van der Waals surface area contributed by atoms with Crippen LogP contribution in [0.15, 0.2) is 37.1 Å². The molecule has 0 aliphatic carbocycles. The van der Waals surface area contributed by atoms with Gasteiger partial charge in [-0.2, -0.15) is 5.10 Å². The molecule has 0 radical (unpaired) electrons. The number of aromatic nitrogens is 2. The van der Waals surface area contributed by atoms with Gasteiger partial charge in [0, 0.05) is 0 Å². The molecule has 0 fully saturated rings. The Hall–Kier alpha value is -2.30. The average molecular weight is 218 g/mol. The van der Waals surface area contributed by atoms with Gasteiger partial charge in [0.05, 0.1) is 11.9 Å². The maximum Gasteiger partial charge on any atom is 0.254 e. The van der Waals surface area contributed by atoms with Crippen molar-refractivity contribution < 1.29 is 4.79 Å². The van der Waals surface area contributed by atoms with E-state index in [4.69, 9.17) is 11.5 Å². The van der Waals surface area contributed by atoms with Crippen LogP contribution in [0.4, 0.5) is 5.82 Å². The van der Waals surface area contributed by atoms with E-state index in [2.05, 4.69) is 11.7 Å². The Labute approximate surface area is 93.7 Å². The highest BCUT2D eigenvalue weighted by Crippen LogP contribution is 2.16. The van der Waals surface area contributed by atoms with Crippen LogP contribution in [0.2, 0.25) is 0 Å². The van der Waals surface area contributed by atoms with E-state index in [9.17, 15) is 4.79 Å². The van der Waals surface area contributed by atoms with Crippen molar-refractivity contribution in [2.24, 2.45) is 5.73 Å². The molecule has 1 rings (SSSR count). The third kappa shape index (κ3) is 2.20. The van der Waals surface area contributed by atoms with Gasteiger partial charge in [-0.15, -0.1) is 0 Å². The van der Waals surface area contributed by atoms with Crippen LogP contribution in [0.25, 0.3) is 5.70 Å². The van der Waals surface area contributed by atoms with Gasteiger partial charge in [-0.1, -0.05) is 24.8 Å². The minimum atomic E-state index is -0.591. The van der Waals surface area contributed by atoms with Crippen molar-refractivity contribution >= 4 is 17.4 Å². The summed E-state index contributed by atoms with van der Waals surface area (Å²) in [5.74, 6) is -0.360. The van der Waals surface area contributed by atoms with Crippen LogP contribution >= 0.6 is 0 Å². The van der Waals surface area contributed by atoms with E-state index < -0.39 is 5.91 Å². The van der Waals surface area contributed by atoms with Crippen LogP contribution in [-0.4, -0.2) is 15.7 Å². The molecule has 16 heavy (non-hydrogen) atoms. The first-order chi connectivity index (χ1) is 7.61. The Bertz CT molecular complexity index is 468. The summed E-state index contributed by atoms with van der Waals surface area (Å²) in [5, 5.41) is 4.00. The Balaban J connectivity index is 3.18. The number of carbonyl (C=O) groups excluding carboxylic acids is 1. The van der Waals surface area contributed by atoms with Gasteiger partial charge in [-0.25, -0.2) is 4.68 Å². The summed E-state index contributed by atoms with van der Waals surface area (Å²) in [6.07, 6.45) is 8.33. The number of carbonyl (C=O) groups is 1. The quantitative estimate of drug-likeness (QED) is 0.743. The zero-order valence-electron chi connectivity index (χ0n) is 9.05. The number of hydrogen-bond donors (Lipinski definition) is 2. The fourth-order valence-corrected chi connectivity index (χ4v) is 1.21. The zero-order chi connectivity index (χ0) is 12.1. The molecule has 4 N–H and O–H groups in total. The lowest BCUT2D eigenvalue weighted by atomic mass is 10.3. The highest BCUT2D eigenvalue weighted by Gasteiger charge is 2.12. The van der Waals surface area contributed by atoms with E-state index in [-0.39, 0.29) is 11.4 Å². The Morgan fingerprint density at radius 3 is 2.75 bits per heavy atom. The molecule has 0 spiro atoms. The monoisotopic (exact) mass is 218 g/mol. The van der Waals surface area contributed by atoms with Crippen LogP contribution < -0.4 is 11.5 Å². The summed E-state index contributed by atoms with van der Waals surface area (Å²) in [5.41, 5.74) is 11.9. The first kappa shape index (κ1) is 11.8. The number of anilines is 1. The predicted molar refractivity (Wildman–Crippen MR) is 64.4 cm³/mol. The lowest BCUT2D eigenvalue weighted by Gasteiger charge is -2.04. The van der Waals surface area contributed by atoms with E-state index in [1.54, 1.807) is 18.2 Å². The normalized spacial score (nSPS) is 11.9. The SMILES string of the molecule is C=C/C=C\C(=C/C)n1ncc(C(N)=O)c1N. The van der Waals surface area contributed by atoms with E-state index >= 15 is 0 Å². The number of allylic oxidation sites excluding steroid dienone is 5. The number of rotatable bonds is 4. The van der Waals surface area contributed by atoms with Crippen molar-refractivity contribution in [2.45, 2.75) is 6.92 Å². The third-order valence-corrected chi connectivity index (χ3v) is 2.02. The highest BCUT2D eigenvalue weighted by atomic mass is 16.1. The third-order valence-electron chi connectivity index (χ3n) is 2.02. The molecule has 0 saturated carbocycles. The molecule has 0 aliphatic rings. The van der Waals surface area contributed by atoms with Gasteiger partial charge in [-0.05, 0) is 13.0 Å². The Kier molecular flexibility index (Phi) is 3.66. The topological polar surface area (TPSA) is 86.9 Å². The molecule has 1 aromatic rings. The number of primary amides is 1. The van der Waals surface area contributed by atoms with Crippen LogP contribution in [0.5, 0.6) is 0 Å². The molecule has 0 aromatic carbocycles. The fourth-order valence-electron chi connectivity index (χ4n) is 1.21. The molecule has 0 bridgehead atoms. The van der Waals surface area contributed by atoms with Crippen LogP contribution in [0.3, 0.4) is 0 Å². The molecular weight excluding hydrogens is 204 g/mol. The van der Waals surface area contributed by atoms with Crippen molar-refractivity contribution in [3.63, 3.8) is 0 Å². The largest absolute Gasteiger partial charge is 0.383 e. The molecule has 5 heteroatoms. The fraction of sp³-hybridized carbons (Fsp3) is 0.0909. The molecule has 84 valence electrons. The van der Waals surface area contributed by atoms with Crippen LogP contribution in [-0.2, 0) is 0 Å². The maximum absolute atomic E-state index is 11.0. The minimum absolute atomic E-state index is 0.214. The first-order valence-electron chi connectivity index (χ1n) is 4.71. The lowest BCUT2D eigenvalue weighted by molar-refractivity contribution is 0.100. The second kappa shape index (κ2) is 4.97. The van der Waals surface area contributed by atoms with Gasteiger partial charge in [0.1, 0.15) is 11.4 Å². The Morgan fingerprint density at radius 2 is 2.31 bits per heavy atom. The van der Waals surface area contributed by atoms with Gasteiger partial charge >= 0.3 is 0 Å². The molecule has 5 nitrogen and oxygen atoms in total. The number of hydrogen-bond acceptors (Lipinski definition) is 3. The molecular formula is C11H14N4O. The summed E-state index contributed by atoms with van der Waals surface area (Å²) in [4.78, 5) is 11.0. The summed E-state index contributed by atoms with van der Waals surface area (Å²) in [6.45, 7) is 5.41. The first-order valence-corrected chi connectivity index (χ1v) is 4.71. The maximum atomic E-state index is 11.0. The number of nitrogens with zero attached hydrogens (tertiary/aromatic N) is 2. The van der Waals surface area contributed by atoms with E-state index in [1.807, 2.05) is 13.0 Å². The molecule has 0 unspecified atom stereocenters. The van der Waals surface area contributed by atoms with Crippen molar-refractivity contribution in [3.8, 4) is 0 Å². The molecule has 1 aromatic heterocycles. The van der Waals surface area contributed by atoms with Crippen molar-refractivity contribution in [2.75, 3.05) is 5.73 Å². The van der Waals surface area contributed by atoms with Gasteiger partial charge in [0.15, 0.2) is 0 Å². The van der Waals surface area contributed by atoms with Crippen LogP contribution in [0.1, 0.15) is 17.3 Å². The average Bonchev–Trinajstić information content (AvgIpc) is 2.62. The van der Waals surface area contributed by atoms with Crippen molar-refractivity contribution in [3.05, 3.63) is 42.6 Å². The number of amides is 1. The summed E-state index contributed by atoms with van der Waals surface area (Å²) < 4.78 is 1.44. The van der Waals surface area contributed by atoms with E-state index in [1.165, 1.54) is 10.9 Å². The predicted octanol–water partition coefficient (Wildman–Crippen LogP) is 1.17. The zero-order valence-corrected chi connectivity index (χ0v) is 9.05. The summed E-state index contributed by atoms with van der Waals surface area (Å²) in [6, 6.07) is 0. The van der Waals surface area contributed by atoms with E-state index in [0.29, 0.717) is 0 Å². The second-order valence-corrected chi connectivity index (χ2v) is 3.03. The van der Waals surface area contributed by atoms with Gasteiger partial charge in [0.25, 0.3) is 5.91 Å². The second-order valence-electron chi connectivity index (χ2n) is 3.03. The molecule has 0 saturated heterocycles. The molecule has 1 heterocycles. The van der Waals surface area contributed by atoms with E-state index in [0.717, 1.165) is 5.70 Å². The van der Waals surface area contributed by atoms with Gasteiger partial charge in [-0.3, -0.25) is 4.79 Å². The summed E-state index contributed by atoms with van der Waals surface area (Å²) in [7, 11) is 0. The standard InChI is InChI=1S/C11H14N4O/c1-3-5-6-8(4-2)15-10(12)9(7-14-15)11(13)16/h3-7H,1,12H2,2H3,(H2,13,16)/b6-5-,8-4+. The highest BCUT2D eigenvalue weighted by molar-refractivity contribution is 5.97. The van der Waals surface area contributed by atoms with Gasteiger partial charge < -0.3 is 11.5 Å². The number of nitrogen functional groups attached to an aromatic ring is 1. The number of nitrogens with two attached hydrogens (primary N) is 2. The Morgan fingerprint density at radius 1 is 1.62 bits per heavy atom. The molecule has 0 atom stereocenters. The van der Waals surface area contributed by atoms with Crippen molar-refractivity contribution in [1.29, 1.82) is 0 Å². The molecule has 1 amide bonds.